The Morgan fingerprint density at radius 2 is 1.81 bits per heavy atom. The summed E-state index contributed by atoms with van der Waals surface area (Å²) in [6.45, 7) is 6.94. The van der Waals surface area contributed by atoms with Crippen molar-refractivity contribution in [2.75, 3.05) is 46.4 Å². The molecule has 3 aliphatic rings. The smallest absolute Gasteiger partial charge is 0.225 e. The Bertz CT molecular complexity index is 763. The van der Waals surface area contributed by atoms with E-state index in [1.54, 1.807) is 0 Å². The van der Waals surface area contributed by atoms with E-state index in [4.69, 9.17) is 4.74 Å². The molecule has 1 aliphatic carbocycles. The third-order valence-electron chi connectivity index (χ3n) is 6.83. The van der Waals surface area contributed by atoms with E-state index in [1.807, 2.05) is 7.05 Å². The summed E-state index contributed by atoms with van der Waals surface area (Å²) in [6, 6.07) is 8.88. The molecule has 7 nitrogen and oxygen atoms in total. The number of rotatable bonds is 6. The van der Waals surface area contributed by atoms with Crippen molar-refractivity contribution in [2.45, 2.75) is 51.2 Å². The van der Waals surface area contributed by atoms with Crippen LogP contribution in [0, 0.1) is 5.92 Å². The Balaban J connectivity index is 0.00000289. The lowest BCUT2D eigenvalue weighted by Crippen LogP contribution is -2.45. The molecule has 0 spiro atoms. The van der Waals surface area contributed by atoms with Crippen LogP contribution in [0.25, 0.3) is 0 Å². The minimum absolute atomic E-state index is 0. The number of benzene rings is 1. The monoisotopic (exact) mass is 555 g/mol. The number of ether oxygens (including phenoxy) is 1. The molecule has 2 heterocycles. The number of aliphatic imine (C=N–C) groups is 1. The lowest BCUT2D eigenvalue weighted by atomic mass is 10.1. The van der Waals surface area contributed by atoms with Crippen LogP contribution in [0.15, 0.2) is 29.3 Å². The van der Waals surface area contributed by atoms with Crippen molar-refractivity contribution in [2.24, 2.45) is 10.9 Å². The zero-order valence-corrected chi connectivity index (χ0v) is 21.6. The molecule has 8 heteroatoms. The molecule has 32 heavy (non-hydrogen) atoms. The number of hydrogen-bond donors (Lipinski definition) is 2. The van der Waals surface area contributed by atoms with Gasteiger partial charge in [0.05, 0.1) is 13.2 Å². The maximum absolute atomic E-state index is 12.7. The molecular formula is C24H38IN5O2. The summed E-state index contributed by atoms with van der Waals surface area (Å²) >= 11 is 0. The van der Waals surface area contributed by atoms with E-state index in [2.05, 4.69) is 49.7 Å². The number of likely N-dealkylation sites (tertiary alicyclic amines) is 1. The molecule has 2 saturated heterocycles. The van der Waals surface area contributed by atoms with Gasteiger partial charge in [0.1, 0.15) is 0 Å². The Kier molecular flexibility index (Phi) is 10.1. The van der Waals surface area contributed by atoms with Crippen molar-refractivity contribution in [3.63, 3.8) is 0 Å². The van der Waals surface area contributed by atoms with Crippen LogP contribution in [0.3, 0.4) is 0 Å². The summed E-state index contributed by atoms with van der Waals surface area (Å²) in [6.07, 6.45) is 5.53. The Labute approximate surface area is 209 Å². The van der Waals surface area contributed by atoms with Crippen molar-refractivity contribution in [3.05, 3.63) is 35.4 Å². The molecule has 0 aromatic heterocycles. The number of carbonyl (C=O) groups excluding carboxylic acids is 1. The maximum atomic E-state index is 12.7. The predicted molar refractivity (Wildman–Crippen MR) is 138 cm³/mol. The highest BCUT2D eigenvalue weighted by molar-refractivity contribution is 14.0. The summed E-state index contributed by atoms with van der Waals surface area (Å²) in [4.78, 5) is 21.6. The Morgan fingerprint density at radius 1 is 1.09 bits per heavy atom. The lowest BCUT2D eigenvalue weighted by molar-refractivity contribution is -0.134. The fourth-order valence-electron chi connectivity index (χ4n) is 4.96. The molecule has 178 valence electrons. The van der Waals surface area contributed by atoms with E-state index in [0.717, 1.165) is 77.7 Å². The highest BCUT2D eigenvalue weighted by Crippen LogP contribution is 2.27. The van der Waals surface area contributed by atoms with Crippen LogP contribution < -0.4 is 10.6 Å². The number of carbonyl (C=O) groups is 1. The summed E-state index contributed by atoms with van der Waals surface area (Å²) in [5.41, 5.74) is 2.64. The van der Waals surface area contributed by atoms with Crippen molar-refractivity contribution in [1.82, 2.24) is 20.4 Å². The van der Waals surface area contributed by atoms with Crippen molar-refractivity contribution >= 4 is 35.8 Å². The van der Waals surface area contributed by atoms with Gasteiger partial charge in [-0.25, -0.2) is 0 Å². The molecule has 1 saturated carbocycles. The van der Waals surface area contributed by atoms with Crippen LogP contribution in [0.2, 0.25) is 0 Å². The van der Waals surface area contributed by atoms with Crippen LogP contribution >= 0.6 is 24.0 Å². The van der Waals surface area contributed by atoms with Gasteiger partial charge in [0.25, 0.3) is 0 Å². The van der Waals surface area contributed by atoms with Gasteiger partial charge in [-0.2, -0.15) is 0 Å². The van der Waals surface area contributed by atoms with Crippen LogP contribution in [-0.2, 0) is 22.6 Å². The van der Waals surface area contributed by atoms with Gasteiger partial charge in [-0.1, -0.05) is 37.1 Å². The fraction of sp³-hybridized carbons (Fsp3) is 0.667. The summed E-state index contributed by atoms with van der Waals surface area (Å²) in [5.74, 6) is 1.43. The molecule has 1 unspecified atom stereocenters. The number of hydrogen-bond acceptors (Lipinski definition) is 4. The lowest BCUT2D eigenvalue weighted by Gasteiger charge is -2.27. The van der Waals surface area contributed by atoms with Gasteiger partial charge in [0.15, 0.2) is 5.96 Å². The maximum Gasteiger partial charge on any atom is 0.225 e. The number of amides is 1. The van der Waals surface area contributed by atoms with E-state index in [9.17, 15) is 4.79 Å². The normalized spacial score (nSPS) is 22.6. The first-order valence-corrected chi connectivity index (χ1v) is 11.9. The number of morpholine rings is 1. The third kappa shape index (κ3) is 6.81. The number of guanidine groups is 1. The predicted octanol–water partition coefficient (Wildman–Crippen LogP) is 2.59. The van der Waals surface area contributed by atoms with Gasteiger partial charge < -0.3 is 20.3 Å². The number of halogens is 1. The molecule has 1 aromatic rings. The highest BCUT2D eigenvalue weighted by atomic mass is 127. The molecule has 4 rings (SSSR count). The third-order valence-corrected chi connectivity index (χ3v) is 6.83. The second-order valence-electron chi connectivity index (χ2n) is 8.98. The van der Waals surface area contributed by atoms with Crippen molar-refractivity contribution < 1.29 is 9.53 Å². The zero-order valence-electron chi connectivity index (χ0n) is 19.2. The zero-order chi connectivity index (χ0) is 21.5. The standard InChI is InChI=1S/C24H37N5O2.HI/c1-25-24(27-22-10-11-29(18-22)23(30)19-6-2-3-7-19)26-16-20-8-4-5-9-21(20)17-28-12-14-31-15-13-28;/h4-5,8-9,19,22H,2-3,6-7,10-18H2,1H3,(H2,25,26,27);1H. The molecule has 0 radical (unpaired) electrons. The minimum Gasteiger partial charge on any atom is -0.379 e. The Hall–Kier alpha value is -1.39. The molecule has 2 aliphatic heterocycles. The SMILES string of the molecule is CN=C(NCc1ccccc1CN1CCOCC1)NC1CCN(C(=O)C2CCCC2)C1.I. The number of nitrogens with one attached hydrogen (secondary N) is 2. The first-order valence-electron chi connectivity index (χ1n) is 11.9. The van der Waals surface area contributed by atoms with Gasteiger partial charge in [-0.05, 0) is 30.4 Å². The highest BCUT2D eigenvalue weighted by Gasteiger charge is 2.32. The Morgan fingerprint density at radius 3 is 2.53 bits per heavy atom. The molecular weight excluding hydrogens is 517 g/mol. The summed E-state index contributed by atoms with van der Waals surface area (Å²) in [7, 11) is 1.81. The molecule has 1 aromatic carbocycles. The van der Waals surface area contributed by atoms with Crippen molar-refractivity contribution in [1.29, 1.82) is 0 Å². The number of nitrogens with zero attached hydrogens (tertiary/aromatic N) is 3. The molecule has 0 bridgehead atoms. The minimum atomic E-state index is 0. The van der Waals surface area contributed by atoms with E-state index >= 15 is 0 Å². The quantitative estimate of drug-likeness (QED) is 0.321. The first-order chi connectivity index (χ1) is 15.2. The first kappa shape index (κ1) is 25.2. The average Bonchev–Trinajstić information content (AvgIpc) is 3.50. The molecule has 1 amide bonds. The van der Waals surface area contributed by atoms with E-state index < -0.39 is 0 Å². The molecule has 1 atom stereocenters. The van der Waals surface area contributed by atoms with Gasteiger partial charge in [-0.3, -0.25) is 14.7 Å². The summed E-state index contributed by atoms with van der Waals surface area (Å²) < 4.78 is 5.47. The van der Waals surface area contributed by atoms with E-state index in [1.165, 1.54) is 24.0 Å². The van der Waals surface area contributed by atoms with Crippen LogP contribution in [0.1, 0.15) is 43.2 Å². The summed E-state index contributed by atoms with van der Waals surface area (Å²) in [5, 5.41) is 7.01. The van der Waals surface area contributed by atoms with Crippen molar-refractivity contribution in [3.8, 4) is 0 Å². The topological polar surface area (TPSA) is 69.2 Å². The fourth-order valence-corrected chi connectivity index (χ4v) is 4.96. The van der Waals surface area contributed by atoms with Gasteiger partial charge in [0, 0.05) is 58.3 Å². The molecule has 2 N–H and O–H groups in total. The second kappa shape index (κ2) is 12.7. The van der Waals surface area contributed by atoms with Crippen LogP contribution in [-0.4, -0.2) is 74.1 Å². The van der Waals surface area contributed by atoms with Crippen LogP contribution in [0.5, 0.6) is 0 Å². The second-order valence-corrected chi connectivity index (χ2v) is 8.98. The van der Waals surface area contributed by atoms with Gasteiger partial charge in [-0.15, -0.1) is 24.0 Å². The van der Waals surface area contributed by atoms with E-state index in [-0.39, 0.29) is 35.9 Å². The van der Waals surface area contributed by atoms with Crippen LogP contribution in [0.4, 0.5) is 0 Å². The average molecular weight is 556 g/mol. The van der Waals surface area contributed by atoms with E-state index in [0.29, 0.717) is 5.91 Å². The molecule has 3 fully saturated rings. The van der Waals surface area contributed by atoms with Gasteiger partial charge >= 0.3 is 0 Å². The van der Waals surface area contributed by atoms with Gasteiger partial charge in [0.2, 0.25) is 5.91 Å². The largest absolute Gasteiger partial charge is 0.379 e.